The Morgan fingerprint density at radius 3 is 2.18 bits per heavy atom. The summed E-state index contributed by atoms with van der Waals surface area (Å²) < 4.78 is 11.2. The van der Waals surface area contributed by atoms with E-state index in [2.05, 4.69) is 13.8 Å². The number of rotatable bonds is 7. The number of nitrogens with two attached hydrogens (primary N) is 1. The van der Waals surface area contributed by atoms with Gasteiger partial charge in [0.25, 0.3) is 0 Å². The normalized spacial score (nSPS) is 10.4. The van der Waals surface area contributed by atoms with Crippen molar-refractivity contribution < 1.29 is 9.47 Å². The highest BCUT2D eigenvalue weighted by Crippen LogP contribution is 2.32. The Labute approximate surface area is 108 Å². The molecule has 4 heteroatoms. The van der Waals surface area contributed by atoms with Crippen LogP contribution in [0.5, 0.6) is 11.5 Å². The van der Waals surface area contributed by atoms with Crippen molar-refractivity contribution in [3.05, 3.63) is 22.7 Å². The van der Waals surface area contributed by atoms with Gasteiger partial charge in [-0.1, -0.05) is 25.4 Å². The van der Waals surface area contributed by atoms with E-state index in [0.717, 1.165) is 24.2 Å². The third-order valence-corrected chi connectivity index (χ3v) is 2.55. The Kier molecular flexibility index (Phi) is 6.16. The Balaban J connectivity index is 2.91. The molecule has 17 heavy (non-hydrogen) atoms. The van der Waals surface area contributed by atoms with Gasteiger partial charge in [0.1, 0.15) is 11.5 Å². The van der Waals surface area contributed by atoms with Gasteiger partial charge in [-0.2, -0.15) is 0 Å². The summed E-state index contributed by atoms with van der Waals surface area (Å²) in [6.07, 6.45) is 1.90. The van der Waals surface area contributed by atoms with Gasteiger partial charge in [0.15, 0.2) is 0 Å². The van der Waals surface area contributed by atoms with Crippen molar-refractivity contribution >= 4 is 11.6 Å². The Morgan fingerprint density at radius 2 is 1.65 bits per heavy atom. The number of ether oxygens (including phenoxy) is 2. The standard InChI is InChI=1S/C13H20ClNO2/c1-3-5-16-12-8-13(17-6-4-2)11(14)7-10(12)9-15/h7-8H,3-6,9,15H2,1-2H3. The number of benzene rings is 1. The van der Waals surface area contributed by atoms with Crippen LogP contribution >= 0.6 is 11.6 Å². The van der Waals surface area contributed by atoms with Crippen molar-refractivity contribution in [1.82, 2.24) is 0 Å². The lowest BCUT2D eigenvalue weighted by atomic mass is 10.2. The highest BCUT2D eigenvalue weighted by atomic mass is 35.5. The van der Waals surface area contributed by atoms with Gasteiger partial charge in [-0.05, 0) is 18.9 Å². The Morgan fingerprint density at radius 1 is 1.06 bits per heavy atom. The summed E-state index contributed by atoms with van der Waals surface area (Å²) in [5.74, 6) is 1.43. The second-order valence-corrected chi connectivity index (χ2v) is 4.20. The molecule has 0 bridgehead atoms. The summed E-state index contributed by atoms with van der Waals surface area (Å²) in [6.45, 7) is 5.84. The van der Waals surface area contributed by atoms with Crippen molar-refractivity contribution in [2.75, 3.05) is 13.2 Å². The predicted octanol–water partition coefficient (Wildman–Crippen LogP) is 3.38. The summed E-state index contributed by atoms with van der Waals surface area (Å²) in [7, 11) is 0. The van der Waals surface area contributed by atoms with Crippen LogP contribution < -0.4 is 15.2 Å². The lowest BCUT2D eigenvalue weighted by Crippen LogP contribution is -2.05. The average molecular weight is 258 g/mol. The molecule has 2 N–H and O–H groups in total. The summed E-state index contributed by atoms with van der Waals surface area (Å²) in [4.78, 5) is 0. The van der Waals surface area contributed by atoms with Gasteiger partial charge in [-0.15, -0.1) is 0 Å². The molecule has 0 aliphatic rings. The van der Waals surface area contributed by atoms with Crippen LogP contribution in [0.15, 0.2) is 12.1 Å². The molecule has 0 saturated carbocycles. The zero-order valence-corrected chi connectivity index (χ0v) is 11.2. The first-order valence-corrected chi connectivity index (χ1v) is 6.38. The van der Waals surface area contributed by atoms with Crippen LogP contribution in [0.4, 0.5) is 0 Å². The molecular formula is C13H20ClNO2. The number of hydrogen-bond donors (Lipinski definition) is 1. The lowest BCUT2D eigenvalue weighted by Gasteiger charge is -2.14. The quantitative estimate of drug-likeness (QED) is 0.815. The van der Waals surface area contributed by atoms with Crippen molar-refractivity contribution in [2.24, 2.45) is 5.73 Å². The largest absolute Gasteiger partial charge is 0.493 e. The fourth-order valence-corrected chi connectivity index (χ4v) is 1.65. The molecule has 0 aliphatic carbocycles. The zero-order valence-electron chi connectivity index (χ0n) is 10.5. The predicted molar refractivity (Wildman–Crippen MR) is 70.9 cm³/mol. The van der Waals surface area contributed by atoms with Gasteiger partial charge >= 0.3 is 0 Å². The van der Waals surface area contributed by atoms with Crippen LogP contribution in [0.1, 0.15) is 32.3 Å². The van der Waals surface area contributed by atoms with E-state index in [9.17, 15) is 0 Å². The van der Waals surface area contributed by atoms with Crippen molar-refractivity contribution in [1.29, 1.82) is 0 Å². The first-order valence-electron chi connectivity index (χ1n) is 6.01. The van der Waals surface area contributed by atoms with Crippen LogP contribution in [0.2, 0.25) is 5.02 Å². The highest BCUT2D eigenvalue weighted by molar-refractivity contribution is 6.32. The van der Waals surface area contributed by atoms with Crippen molar-refractivity contribution in [3.8, 4) is 11.5 Å². The van der Waals surface area contributed by atoms with E-state index in [4.69, 9.17) is 26.8 Å². The summed E-state index contributed by atoms with van der Waals surface area (Å²) in [5.41, 5.74) is 6.57. The molecule has 0 spiro atoms. The number of halogens is 1. The molecular weight excluding hydrogens is 238 g/mol. The minimum atomic E-state index is 0.410. The van der Waals surface area contributed by atoms with Gasteiger partial charge in [-0.3, -0.25) is 0 Å². The maximum Gasteiger partial charge on any atom is 0.141 e. The van der Waals surface area contributed by atoms with Crippen LogP contribution in [-0.2, 0) is 6.54 Å². The minimum absolute atomic E-state index is 0.410. The van der Waals surface area contributed by atoms with Gasteiger partial charge in [0.2, 0.25) is 0 Å². The molecule has 96 valence electrons. The summed E-state index contributed by atoms with van der Waals surface area (Å²) in [6, 6.07) is 3.65. The van der Waals surface area contributed by atoms with E-state index in [1.807, 2.05) is 12.1 Å². The molecule has 0 radical (unpaired) electrons. The molecule has 1 rings (SSSR count). The first kappa shape index (κ1) is 14.1. The van der Waals surface area contributed by atoms with E-state index in [0.29, 0.717) is 30.5 Å². The Bertz CT molecular complexity index is 356. The number of hydrogen-bond acceptors (Lipinski definition) is 3. The molecule has 0 saturated heterocycles. The molecule has 0 atom stereocenters. The maximum absolute atomic E-state index is 6.11. The average Bonchev–Trinajstić information content (AvgIpc) is 2.35. The lowest BCUT2D eigenvalue weighted by molar-refractivity contribution is 0.299. The highest BCUT2D eigenvalue weighted by Gasteiger charge is 2.09. The SMILES string of the molecule is CCCOc1cc(OCCC)c(CN)cc1Cl. The van der Waals surface area contributed by atoms with Crippen LogP contribution in [0.25, 0.3) is 0 Å². The second-order valence-electron chi connectivity index (χ2n) is 3.79. The summed E-state index contributed by atoms with van der Waals surface area (Å²) in [5, 5.41) is 0.586. The van der Waals surface area contributed by atoms with Crippen molar-refractivity contribution in [2.45, 2.75) is 33.2 Å². The van der Waals surface area contributed by atoms with E-state index in [-0.39, 0.29) is 0 Å². The van der Waals surface area contributed by atoms with Crippen LogP contribution in [0.3, 0.4) is 0 Å². The second kappa shape index (κ2) is 7.41. The fraction of sp³-hybridized carbons (Fsp3) is 0.538. The fourth-order valence-electron chi connectivity index (χ4n) is 1.40. The molecule has 0 aromatic heterocycles. The molecule has 3 nitrogen and oxygen atoms in total. The van der Waals surface area contributed by atoms with Gasteiger partial charge < -0.3 is 15.2 Å². The topological polar surface area (TPSA) is 44.5 Å². The third-order valence-electron chi connectivity index (χ3n) is 2.26. The van der Waals surface area contributed by atoms with E-state index in [1.165, 1.54) is 0 Å². The van der Waals surface area contributed by atoms with E-state index >= 15 is 0 Å². The van der Waals surface area contributed by atoms with E-state index < -0.39 is 0 Å². The molecule has 0 amide bonds. The third kappa shape index (κ3) is 4.10. The monoisotopic (exact) mass is 257 g/mol. The van der Waals surface area contributed by atoms with Crippen molar-refractivity contribution in [3.63, 3.8) is 0 Å². The minimum Gasteiger partial charge on any atom is -0.493 e. The molecule has 1 aromatic rings. The molecule has 0 heterocycles. The van der Waals surface area contributed by atoms with Gasteiger partial charge in [0, 0.05) is 18.2 Å². The maximum atomic E-state index is 6.11. The van der Waals surface area contributed by atoms with Crippen LogP contribution in [-0.4, -0.2) is 13.2 Å². The first-order chi connectivity index (χ1) is 8.22. The van der Waals surface area contributed by atoms with E-state index in [1.54, 1.807) is 0 Å². The zero-order chi connectivity index (χ0) is 12.7. The Hall–Kier alpha value is -0.930. The van der Waals surface area contributed by atoms with Gasteiger partial charge in [-0.25, -0.2) is 0 Å². The smallest absolute Gasteiger partial charge is 0.141 e. The molecule has 0 aliphatic heterocycles. The van der Waals surface area contributed by atoms with Gasteiger partial charge in [0.05, 0.1) is 18.2 Å². The summed E-state index contributed by atoms with van der Waals surface area (Å²) >= 11 is 6.11. The van der Waals surface area contributed by atoms with Crippen LogP contribution in [0, 0.1) is 0 Å². The molecule has 0 fully saturated rings. The molecule has 0 unspecified atom stereocenters. The molecule has 1 aromatic carbocycles.